The molecule has 24 heavy (non-hydrogen) atoms. The van der Waals surface area contributed by atoms with Crippen molar-refractivity contribution in [3.8, 4) is 0 Å². The quantitative estimate of drug-likeness (QED) is 0.720. The molecule has 0 saturated carbocycles. The van der Waals surface area contributed by atoms with Gasteiger partial charge in [-0.15, -0.1) is 0 Å². The number of hydrogen-bond acceptors (Lipinski definition) is 4. The summed E-state index contributed by atoms with van der Waals surface area (Å²) in [6.07, 6.45) is 4.10. The van der Waals surface area contributed by atoms with Crippen LogP contribution in [0.4, 0.5) is 5.69 Å². The standard InChI is InChI=1S/C19H21N3OS/c1-14-3-5-16(6-4-14)24-22-13-15(2)18-17(7-8-20-19(18)22)21-9-11-23-12-10-21/h3-8,13H,9-12H2,1-2H3. The molecule has 124 valence electrons. The maximum atomic E-state index is 5.49. The van der Waals surface area contributed by atoms with E-state index in [9.17, 15) is 0 Å². The number of nitrogens with zero attached hydrogens (tertiary/aromatic N) is 3. The van der Waals surface area contributed by atoms with Crippen molar-refractivity contribution in [3.63, 3.8) is 0 Å². The number of pyridine rings is 1. The summed E-state index contributed by atoms with van der Waals surface area (Å²) in [5, 5.41) is 1.25. The molecule has 1 fully saturated rings. The summed E-state index contributed by atoms with van der Waals surface area (Å²) in [7, 11) is 0. The lowest BCUT2D eigenvalue weighted by atomic mass is 10.2. The molecule has 3 aromatic rings. The Morgan fingerprint density at radius 2 is 1.79 bits per heavy atom. The van der Waals surface area contributed by atoms with Crippen LogP contribution in [-0.4, -0.2) is 35.3 Å². The molecular formula is C19H21N3OS. The average Bonchev–Trinajstić information content (AvgIpc) is 2.94. The van der Waals surface area contributed by atoms with E-state index in [-0.39, 0.29) is 0 Å². The second-order valence-corrected chi connectivity index (χ2v) is 7.22. The van der Waals surface area contributed by atoms with Crippen molar-refractivity contribution in [2.75, 3.05) is 31.2 Å². The van der Waals surface area contributed by atoms with E-state index >= 15 is 0 Å². The Labute approximate surface area is 146 Å². The fraction of sp³-hybridized carbons (Fsp3) is 0.316. The predicted molar refractivity (Wildman–Crippen MR) is 99.9 cm³/mol. The molecule has 1 aromatic carbocycles. The molecule has 0 radical (unpaired) electrons. The van der Waals surface area contributed by atoms with E-state index in [4.69, 9.17) is 4.74 Å². The molecular weight excluding hydrogens is 318 g/mol. The highest BCUT2D eigenvalue weighted by molar-refractivity contribution is 7.98. The molecule has 5 heteroatoms. The van der Waals surface area contributed by atoms with E-state index in [0.717, 1.165) is 32.0 Å². The van der Waals surface area contributed by atoms with Crippen LogP contribution >= 0.6 is 11.9 Å². The molecule has 0 N–H and O–H groups in total. The van der Waals surface area contributed by atoms with Crippen LogP contribution in [0, 0.1) is 13.8 Å². The van der Waals surface area contributed by atoms with Crippen molar-refractivity contribution >= 4 is 28.7 Å². The fourth-order valence-corrected chi connectivity index (χ4v) is 4.06. The minimum atomic E-state index is 0.793. The van der Waals surface area contributed by atoms with Gasteiger partial charge < -0.3 is 9.64 Å². The van der Waals surface area contributed by atoms with Gasteiger partial charge in [-0.1, -0.05) is 17.7 Å². The molecule has 1 aliphatic rings. The topological polar surface area (TPSA) is 30.3 Å². The molecule has 1 saturated heterocycles. The van der Waals surface area contributed by atoms with E-state index in [0.29, 0.717) is 0 Å². The second kappa shape index (κ2) is 6.49. The van der Waals surface area contributed by atoms with E-state index in [1.165, 1.54) is 27.1 Å². The number of fused-ring (bicyclic) bond motifs is 1. The Balaban J connectivity index is 1.74. The number of aromatic nitrogens is 2. The summed E-state index contributed by atoms with van der Waals surface area (Å²) in [5.74, 6) is 0. The van der Waals surface area contributed by atoms with Gasteiger partial charge >= 0.3 is 0 Å². The molecule has 0 unspecified atom stereocenters. The Kier molecular flexibility index (Phi) is 4.21. The minimum absolute atomic E-state index is 0.793. The number of aryl methyl sites for hydroxylation is 2. The number of rotatable bonds is 3. The largest absolute Gasteiger partial charge is 0.378 e. The van der Waals surface area contributed by atoms with Crippen molar-refractivity contribution in [1.82, 2.24) is 8.96 Å². The lowest BCUT2D eigenvalue weighted by molar-refractivity contribution is 0.123. The third kappa shape index (κ3) is 2.89. The van der Waals surface area contributed by atoms with Crippen LogP contribution in [-0.2, 0) is 4.74 Å². The SMILES string of the molecule is Cc1ccc(Sn2cc(C)c3c(N4CCOCC4)ccnc32)cc1. The summed E-state index contributed by atoms with van der Waals surface area (Å²) in [6, 6.07) is 10.7. The molecule has 4 nitrogen and oxygen atoms in total. The molecule has 0 bridgehead atoms. The van der Waals surface area contributed by atoms with E-state index in [2.05, 4.69) is 64.2 Å². The maximum Gasteiger partial charge on any atom is 0.152 e. The molecule has 3 heterocycles. The van der Waals surface area contributed by atoms with Crippen LogP contribution in [0.25, 0.3) is 11.0 Å². The van der Waals surface area contributed by atoms with Gasteiger partial charge in [0.25, 0.3) is 0 Å². The first-order valence-corrected chi connectivity index (χ1v) is 9.04. The Bertz CT molecular complexity index is 851. The van der Waals surface area contributed by atoms with Crippen LogP contribution in [0.1, 0.15) is 11.1 Å². The highest BCUT2D eigenvalue weighted by atomic mass is 32.2. The third-order valence-electron chi connectivity index (χ3n) is 4.40. The monoisotopic (exact) mass is 339 g/mol. The van der Waals surface area contributed by atoms with Crippen molar-refractivity contribution in [1.29, 1.82) is 0 Å². The van der Waals surface area contributed by atoms with Crippen LogP contribution in [0.3, 0.4) is 0 Å². The minimum Gasteiger partial charge on any atom is -0.378 e. The number of hydrogen-bond donors (Lipinski definition) is 0. The molecule has 0 spiro atoms. The third-order valence-corrected chi connectivity index (χ3v) is 5.36. The first-order chi connectivity index (χ1) is 11.7. The van der Waals surface area contributed by atoms with E-state index < -0.39 is 0 Å². The number of morpholine rings is 1. The van der Waals surface area contributed by atoms with Gasteiger partial charge in [-0.2, -0.15) is 0 Å². The Morgan fingerprint density at radius 1 is 1.04 bits per heavy atom. The summed E-state index contributed by atoms with van der Waals surface area (Å²) in [5.41, 5.74) is 4.84. The number of benzene rings is 1. The van der Waals surface area contributed by atoms with Gasteiger partial charge in [0.1, 0.15) is 0 Å². The first kappa shape index (κ1) is 15.5. The molecule has 4 rings (SSSR count). The molecule has 1 aliphatic heterocycles. The van der Waals surface area contributed by atoms with E-state index in [1.54, 1.807) is 11.9 Å². The highest BCUT2D eigenvalue weighted by Gasteiger charge is 2.18. The summed E-state index contributed by atoms with van der Waals surface area (Å²) < 4.78 is 7.67. The Morgan fingerprint density at radius 3 is 2.54 bits per heavy atom. The van der Waals surface area contributed by atoms with Crippen LogP contribution in [0.5, 0.6) is 0 Å². The average molecular weight is 339 g/mol. The summed E-state index contributed by atoms with van der Waals surface area (Å²) >= 11 is 1.71. The van der Waals surface area contributed by atoms with Gasteiger partial charge in [0.05, 0.1) is 13.2 Å². The zero-order chi connectivity index (χ0) is 16.5. The lowest BCUT2D eigenvalue weighted by Crippen LogP contribution is -2.36. The van der Waals surface area contributed by atoms with Gasteiger partial charge in [-0.3, -0.25) is 3.97 Å². The number of ether oxygens (including phenoxy) is 1. The van der Waals surface area contributed by atoms with Crippen LogP contribution < -0.4 is 4.90 Å². The van der Waals surface area contributed by atoms with Crippen molar-refractivity contribution in [2.45, 2.75) is 18.7 Å². The maximum absolute atomic E-state index is 5.49. The van der Waals surface area contributed by atoms with Crippen molar-refractivity contribution in [3.05, 3.63) is 53.9 Å². The van der Waals surface area contributed by atoms with Crippen molar-refractivity contribution in [2.24, 2.45) is 0 Å². The fourth-order valence-electron chi connectivity index (χ4n) is 3.14. The zero-order valence-electron chi connectivity index (χ0n) is 14.0. The Hall–Kier alpha value is -1.98. The second-order valence-electron chi connectivity index (χ2n) is 6.17. The summed E-state index contributed by atoms with van der Waals surface area (Å²) in [6.45, 7) is 7.74. The summed E-state index contributed by atoms with van der Waals surface area (Å²) in [4.78, 5) is 8.28. The number of anilines is 1. The highest BCUT2D eigenvalue weighted by Crippen LogP contribution is 2.34. The molecule has 0 amide bonds. The predicted octanol–water partition coefficient (Wildman–Crippen LogP) is 4.05. The first-order valence-electron chi connectivity index (χ1n) is 8.27. The zero-order valence-corrected chi connectivity index (χ0v) is 14.8. The molecule has 0 aliphatic carbocycles. The lowest BCUT2D eigenvalue weighted by Gasteiger charge is -2.29. The van der Waals surface area contributed by atoms with Gasteiger partial charge in [-0.25, -0.2) is 4.98 Å². The van der Waals surface area contributed by atoms with Crippen LogP contribution in [0.2, 0.25) is 0 Å². The van der Waals surface area contributed by atoms with E-state index in [1.807, 2.05) is 6.20 Å². The van der Waals surface area contributed by atoms with Gasteiger partial charge in [0.15, 0.2) is 5.65 Å². The van der Waals surface area contributed by atoms with Gasteiger partial charge in [0, 0.05) is 41.5 Å². The molecule has 0 atom stereocenters. The van der Waals surface area contributed by atoms with Crippen LogP contribution in [0.15, 0.2) is 47.6 Å². The molecule has 2 aromatic heterocycles. The smallest absolute Gasteiger partial charge is 0.152 e. The normalized spacial score (nSPS) is 15.2. The van der Waals surface area contributed by atoms with Gasteiger partial charge in [-0.05, 0) is 49.6 Å². The van der Waals surface area contributed by atoms with Gasteiger partial charge in [0.2, 0.25) is 0 Å². The van der Waals surface area contributed by atoms with Crippen molar-refractivity contribution < 1.29 is 4.74 Å².